The average molecular weight is 228 g/mol. The second-order valence-corrected chi connectivity index (χ2v) is 4.08. The van der Waals surface area contributed by atoms with E-state index in [9.17, 15) is 4.79 Å². The van der Waals surface area contributed by atoms with Crippen molar-refractivity contribution in [2.75, 3.05) is 5.32 Å². The molecular formula is C12H12N4O. The van der Waals surface area contributed by atoms with Gasteiger partial charge in [-0.05, 0) is 19.1 Å². The Morgan fingerprint density at radius 2 is 2.29 bits per heavy atom. The molecule has 5 heteroatoms. The van der Waals surface area contributed by atoms with Gasteiger partial charge in [0, 0.05) is 29.3 Å². The molecule has 1 aromatic carbocycles. The molecular weight excluding hydrogens is 216 g/mol. The fourth-order valence-corrected chi connectivity index (χ4v) is 2.08. The van der Waals surface area contributed by atoms with Crippen molar-refractivity contribution < 1.29 is 4.79 Å². The number of hydrogen-bond acceptors (Lipinski definition) is 3. The number of rotatable bonds is 1. The maximum Gasteiger partial charge on any atom is 0.245 e. The summed E-state index contributed by atoms with van der Waals surface area (Å²) in [5, 5.41) is 2.77. The zero-order valence-electron chi connectivity index (χ0n) is 9.34. The highest BCUT2D eigenvalue weighted by Crippen LogP contribution is 2.31. The van der Waals surface area contributed by atoms with E-state index < -0.39 is 6.04 Å². The van der Waals surface area contributed by atoms with Gasteiger partial charge >= 0.3 is 0 Å². The summed E-state index contributed by atoms with van der Waals surface area (Å²) in [5.41, 5.74) is 8.35. The SMILES string of the molecule is Cc1nccn1-c1ccc2c(c1)NC(=O)C2N. The Morgan fingerprint density at radius 3 is 3.00 bits per heavy atom. The molecule has 1 unspecified atom stereocenters. The van der Waals surface area contributed by atoms with E-state index in [1.807, 2.05) is 35.9 Å². The Bertz CT molecular complexity index is 602. The highest BCUT2D eigenvalue weighted by atomic mass is 16.2. The van der Waals surface area contributed by atoms with Crippen molar-refractivity contribution in [3.05, 3.63) is 42.0 Å². The molecule has 2 aromatic rings. The Hall–Kier alpha value is -2.14. The number of anilines is 1. The van der Waals surface area contributed by atoms with Crippen LogP contribution in [0.1, 0.15) is 17.4 Å². The van der Waals surface area contributed by atoms with Crippen molar-refractivity contribution in [3.63, 3.8) is 0 Å². The Balaban J connectivity index is 2.10. The van der Waals surface area contributed by atoms with Crippen LogP contribution in [0.5, 0.6) is 0 Å². The third kappa shape index (κ3) is 1.43. The standard InChI is InChI=1S/C12H12N4O/c1-7-14-4-5-16(7)8-2-3-9-10(6-8)15-12(17)11(9)13/h2-6,11H,13H2,1H3,(H,15,17). The molecule has 5 nitrogen and oxygen atoms in total. The van der Waals surface area contributed by atoms with E-state index in [0.717, 1.165) is 22.8 Å². The number of aromatic nitrogens is 2. The zero-order valence-corrected chi connectivity index (χ0v) is 9.34. The number of carbonyl (C=O) groups is 1. The molecule has 1 atom stereocenters. The fraction of sp³-hybridized carbons (Fsp3) is 0.167. The number of nitrogens with two attached hydrogens (primary N) is 1. The van der Waals surface area contributed by atoms with Crippen LogP contribution in [-0.2, 0) is 4.79 Å². The minimum atomic E-state index is -0.553. The second kappa shape index (κ2) is 3.43. The molecule has 0 bridgehead atoms. The van der Waals surface area contributed by atoms with Gasteiger partial charge in [-0.2, -0.15) is 0 Å². The lowest BCUT2D eigenvalue weighted by atomic mass is 10.1. The van der Waals surface area contributed by atoms with Crippen LogP contribution in [0, 0.1) is 6.92 Å². The summed E-state index contributed by atoms with van der Waals surface area (Å²) >= 11 is 0. The highest BCUT2D eigenvalue weighted by Gasteiger charge is 2.27. The van der Waals surface area contributed by atoms with Crippen LogP contribution in [0.3, 0.4) is 0 Å². The number of nitrogens with one attached hydrogen (secondary N) is 1. The van der Waals surface area contributed by atoms with Crippen molar-refractivity contribution in [2.45, 2.75) is 13.0 Å². The number of imidazole rings is 1. The van der Waals surface area contributed by atoms with Gasteiger partial charge in [-0.3, -0.25) is 4.79 Å². The van der Waals surface area contributed by atoms with Gasteiger partial charge in [-0.1, -0.05) is 6.07 Å². The van der Waals surface area contributed by atoms with Crippen molar-refractivity contribution in [3.8, 4) is 5.69 Å². The van der Waals surface area contributed by atoms with Gasteiger partial charge in [-0.15, -0.1) is 0 Å². The normalized spacial score (nSPS) is 18.0. The molecule has 17 heavy (non-hydrogen) atoms. The minimum Gasteiger partial charge on any atom is -0.324 e. The number of aryl methyl sites for hydroxylation is 1. The Morgan fingerprint density at radius 1 is 1.47 bits per heavy atom. The topological polar surface area (TPSA) is 72.9 Å². The molecule has 2 heterocycles. The van der Waals surface area contributed by atoms with Gasteiger partial charge in [-0.25, -0.2) is 4.98 Å². The molecule has 0 fully saturated rings. The maximum atomic E-state index is 11.4. The Kier molecular flexibility index (Phi) is 2.02. The van der Waals surface area contributed by atoms with Crippen molar-refractivity contribution in [2.24, 2.45) is 5.73 Å². The number of benzene rings is 1. The third-order valence-corrected chi connectivity index (χ3v) is 3.02. The first-order valence-corrected chi connectivity index (χ1v) is 5.37. The third-order valence-electron chi connectivity index (χ3n) is 3.02. The van der Waals surface area contributed by atoms with E-state index >= 15 is 0 Å². The number of carbonyl (C=O) groups excluding carboxylic acids is 1. The Labute approximate surface area is 98.3 Å². The van der Waals surface area contributed by atoms with Gasteiger partial charge in [0.2, 0.25) is 5.91 Å². The van der Waals surface area contributed by atoms with Crippen LogP contribution in [0.2, 0.25) is 0 Å². The van der Waals surface area contributed by atoms with Gasteiger partial charge in [0.25, 0.3) is 0 Å². The fourth-order valence-electron chi connectivity index (χ4n) is 2.08. The zero-order chi connectivity index (χ0) is 12.0. The first kappa shape index (κ1) is 10.0. The second-order valence-electron chi connectivity index (χ2n) is 4.08. The van der Waals surface area contributed by atoms with E-state index in [0.29, 0.717) is 0 Å². The van der Waals surface area contributed by atoms with Gasteiger partial charge in [0.1, 0.15) is 11.9 Å². The molecule has 0 spiro atoms. The van der Waals surface area contributed by atoms with E-state index in [2.05, 4.69) is 10.3 Å². The number of hydrogen-bond donors (Lipinski definition) is 2. The predicted molar refractivity (Wildman–Crippen MR) is 63.9 cm³/mol. The lowest BCUT2D eigenvalue weighted by Gasteiger charge is -2.07. The molecule has 3 N–H and O–H groups in total. The first-order chi connectivity index (χ1) is 8.16. The average Bonchev–Trinajstić information content (AvgIpc) is 2.84. The maximum absolute atomic E-state index is 11.4. The number of amides is 1. The summed E-state index contributed by atoms with van der Waals surface area (Å²) < 4.78 is 1.95. The molecule has 1 aromatic heterocycles. The summed E-state index contributed by atoms with van der Waals surface area (Å²) in [6, 6.07) is 5.18. The van der Waals surface area contributed by atoms with Crippen LogP contribution in [0.4, 0.5) is 5.69 Å². The van der Waals surface area contributed by atoms with E-state index in [-0.39, 0.29) is 5.91 Å². The number of fused-ring (bicyclic) bond motifs is 1. The summed E-state index contributed by atoms with van der Waals surface area (Å²) in [6.07, 6.45) is 3.63. The molecule has 0 saturated heterocycles. The van der Waals surface area contributed by atoms with Gasteiger partial charge in [0.15, 0.2) is 0 Å². The first-order valence-electron chi connectivity index (χ1n) is 5.37. The van der Waals surface area contributed by atoms with E-state index in [1.165, 1.54) is 0 Å². The van der Waals surface area contributed by atoms with Crippen LogP contribution in [0.15, 0.2) is 30.6 Å². The smallest absolute Gasteiger partial charge is 0.245 e. The van der Waals surface area contributed by atoms with Crippen molar-refractivity contribution in [1.82, 2.24) is 9.55 Å². The molecule has 0 saturated carbocycles. The highest BCUT2D eigenvalue weighted by molar-refractivity contribution is 6.02. The predicted octanol–water partition coefficient (Wildman–Crippen LogP) is 1.13. The number of nitrogens with zero attached hydrogens (tertiary/aromatic N) is 2. The van der Waals surface area contributed by atoms with Crippen LogP contribution < -0.4 is 11.1 Å². The lowest BCUT2D eigenvalue weighted by Crippen LogP contribution is -2.19. The van der Waals surface area contributed by atoms with Crippen LogP contribution in [0.25, 0.3) is 5.69 Å². The summed E-state index contributed by atoms with van der Waals surface area (Å²) in [5.74, 6) is 0.748. The minimum absolute atomic E-state index is 0.153. The molecule has 1 aliphatic heterocycles. The van der Waals surface area contributed by atoms with E-state index in [4.69, 9.17) is 5.73 Å². The molecule has 1 amide bonds. The lowest BCUT2D eigenvalue weighted by molar-refractivity contribution is -0.116. The van der Waals surface area contributed by atoms with Crippen LogP contribution >= 0.6 is 0 Å². The van der Waals surface area contributed by atoms with Gasteiger partial charge in [0.05, 0.1) is 0 Å². The largest absolute Gasteiger partial charge is 0.324 e. The van der Waals surface area contributed by atoms with Crippen LogP contribution in [-0.4, -0.2) is 15.5 Å². The monoisotopic (exact) mass is 228 g/mol. The molecule has 3 rings (SSSR count). The van der Waals surface area contributed by atoms with Crippen molar-refractivity contribution >= 4 is 11.6 Å². The molecule has 0 aliphatic carbocycles. The summed E-state index contributed by atoms with van der Waals surface area (Å²) in [7, 11) is 0. The van der Waals surface area contributed by atoms with E-state index in [1.54, 1.807) is 6.20 Å². The molecule has 0 radical (unpaired) electrons. The molecule has 1 aliphatic rings. The molecule has 86 valence electrons. The summed E-state index contributed by atoms with van der Waals surface area (Å²) in [6.45, 7) is 1.93. The summed E-state index contributed by atoms with van der Waals surface area (Å²) in [4.78, 5) is 15.6. The van der Waals surface area contributed by atoms with Gasteiger partial charge < -0.3 is 15.6 Å². The quantitative estimate of drug-likeness (QED) is 0.768. The van der Waals surface area contributed by atoms with Crippen molar-refractivity contribution in [1.29, 1.82) is 0 Å².